The molecule has 0 aliphatic carbocycles. The molecule has 0 bridgehead atoms. The molecule has 1 unspecified atom stereocenters. The Kier molecular flexibility index (Phi) is 4.99. The summed E-state index contributed by atoms with van der Waals surface area (Å²) in [7, 11) is 0. The van der Waals surface area contributed by atoms with E-state index < -0.39 is 11.7 Å². The Morgan fingerprint density at radius 3 is 2.61 bits per heavy atom. The number of hydrogen-bond acceptors (Lipinski definition) is 4. The van der Waals surface area contributed by atoms with Crippen molar-refractivity contribution in [2.24, 2.45) is 5.73 Å². The van der Waals surface area contributed by atoms with Crippen LogP contribution in [0.25, 0.3) is 0 Å². The van der Waals surface area contributed by atoms with Gasteiger partial charge in [-0.15, -0.1) is 0 Å². The number of piperidine rings is 1. The molecule has 2 saturated heterocycles. The van der Waals surface area contributed by atoms with Crippen molar-refractivity contribution in [1.29, 1.82) is 0 Å². The number of nitrogens with zero attached hydrogens (tertiary/aromatic N) is 1. The second-order valence-electron chi connectivity index (χ2n) is 6.60. The number of aliphatic hydroxyl groups excluding tert-OH is 1. The lowest BCUT2D eigenvalue weighted by molar-refractivity contribution is -0.174. The molecule has 3 N–H and O–H groups in total. The topological polar surface area (TPSA) is 75.8 Å². The molecular formula is C18H26N2O3. The SMILES string of the molecule is NCCc1ccc(C(=O)N2CCC3(CC2)OCCCC3O)cc1. The molecule has 23 heavy (non-hydrogen) atoms. The van der Waals surface area contributed by atoms with Crippen LogP contribution in [0, 0.1) is 0 Å². The molecule has 2 aliphatic heterocycles. The van der Waals surface area contributed by atoms with Crippen LogP contribution < -0.4 is 5.73 Å². The molecule has 1 aromatic carbocycles. The van der Waals surface area contributed by atoms with Crippen LogP contribution in [0.1, 0.15) is 41.6 Å². The molecule has 2 fully saturated rings. The number of hydrogen-bond donors (Lipinski definition) is 2. The lowest BCUT2D eigenvalue weighted by Crippen LogP contribution is -2.56. The lowest BCUT2D eigenvalue weighted by atomic mass is 9.82. The Labute approximate surface area is 137 Å². The van der Waals surface area contributed by atoms with E-state index in [1.54, 1.807) is 0 Å². The number of likely N-dealkylation sites (tertiary alicyclic amines) is 1. The predicted molar refractivity (Wildman–Crippen MR) is 88.3 cm³/mol. The van der Waals surface area contributed by atoms with Crippen LogP contribution in [0.4, 0.5) is 0 Å². The van der Waals surface area contributed by atoms with Gasteiger partial charge in [-0.25, -0.2) is 0 Å². The van der Waals surface area contributed by atoms with E-state index in [1.165, 1.54) is 0 Å². The first kappa shape index (κ1) is 16.4. The number of rotatable bonds is 3. The first-order chi connectivity index (χ1) is 11.1. The van der Waals surface area contributed by atoms with E-state index in [2.05, 4.69) is 0 Å². The van der Waals surface area contributed by atoms with Gasteiger partial charge in [-0.1, -0.05) is 12.1 Å². The molecule has 1 spiro atoms. The third-order valence-corrected chi connectivity index (χ3v) is 5.15. The molecule has 1 aromatic rings. The van der Waals surface area contributed by atoms with Crippen molar-refractivity contribution in [2.75, 3.05) is 26.2 Å². The van der Waals surface area contributed by atoms with Crippen molar-refractivity contribution in [3.05, 3.63) is 35.4 Å². The van der Waals surface area contributed by atoms with Crippen molar-refractivity contribution >= 4 is 5.91 Å². The molecule has 2 heterocycles. The standard InChI is InChI=1S/C18H26N2O3/c19-10-7-14-3-5-15(6-4-14)17(22)20-11-8-18(9-12-20)16(21)2-1-13-23-18/h3-6,16,21H,1-2,7-13,19H2. The largest absolute Gasteiger partial charge is 0.390 e. The fourth-order valence-electron chi connectivity index (χ4n) is 3.64. The van der Waals surface area contributed by atoms with E-state index in [0.717, 1.165) is 24.8 Å². The maximum absolute atomic E-state index is 12.6. The molecule has 0 aromatic heterocycles. The molecule has 1 atom stereocenters. The molecule has 3 rings (SSSR count). The molecular weight excluding hydrogens is 292 g/mol. The second kappa shape index (κ2) is 6.99. The summed E-state index contributed by atoms with van der Waals surface area (Å²) in [5, 5.41) is 10.3. The third kappa shape index (κ3) is 3.42. The number of aliphatic hydroxyl groups is 1. The zero-order valence-corrected chi connectivity index (χ0v) is 13.5. The molecule has 2 aliphatic rings. The summed E-state index contributed by atoms with van der Waals surface area (Å²) in [4.78, 5) is 14.5. The first-order valence-electron chi connectivity index (χ1n) is 8.55. The monoisotopic (exact) mass is 318 g/mol. The van der Waals surface area contributed by atoms with Crippen LogP contribution in [0.5, 0.6) is 0 Å². The highest BCUT2D eigenvalue weighted by Gasteiger charge is 2.44. The smallest absolute Gasteiger partial charge is 0.253 e. The van der Waals surface area contributed by atoms with Gasteiger partial charge >= 0.3 is 0 Å². The summed E-state index contributed by atoms with van der Waals surface area (Å²) >= 11 is 0. The van der Waals surface area contributed by atoms with Crippen molar-refractivity contribution in [3.8, 4) is 0 Å². The molecule has 0 saturated carbocycles. The van der Waals surface area contributed by atoms with Gasteiger partial charge in [0.05, 0.1) is 11.7 Å². The summed E-state index contributed by atoms with van der Waals surface area (Å²) in [5.74, 6) is 0.0597. The van der Waals surface area contributed by atoms with Gasteiger partial charge in [-0.2, -0.15) is 0 Å². The average molecular weight is 318 g/mol. The fourth-order valence-corrected chi connectivity index (χ4v) is 3.64. The second-order valence-corrected chi connectivity index (χ2v) is 6.60. The van der Waals surface area contributed by atoms with E-state index in [-0.39, 0.29) is 5.91 Å². The highest BCUT2D eigenvalue weighted by Crippen LogP contribution is 2.35. The van der Waals surface area contributed by atoms with Crippen molar-refractivity contribution in [1.82, 2.24) is 4.90 Å². The zero-order valence-electron chi connectivity index (χ0n) is 13.5. The summed E-state index contributed by atoms with van der Waals surface area (Å²) < 4.78 is 5.90. The maximum Gasteiger partial charge on any atom is 0.253 e. The Bertz CT molecular complexity index is 536. The van der Waals surface area contributed by atoms with E-state index in [1.807, 2.05) is 29.2 Å². The summed E-state index contributed by atoms with van der Waals surface area (Å²) in [5.41, 5.74) is 6.98. The van der Waals surface area contributed by atoms with Gasteiger partial charge in [0, 0.05) is 25.3 Å². The summed E-state index contributed by atoms with van der Waals surface area (Å²) in [6.45, 7) is 2.61. The van der Waals surface area contributed by atoms with Gasteiger partial charge in [0.25, 0.3) is 5.91 Å². The normalized spacial score (nSPS) is 23.9. The number of carbonyl (C=O) groups excluding carboxylic acids is 1. The zero-order chi connectivity index (χ0) is 16.3. The van der Waals surface area contributed by atoms with Gasteiger partial charge < -0.3 is 20.5 Å². The minimum absolute atomic E-state index is 0.0597. The van der Waals surface area contributed by atoms with Crippen LogP contribution in [0.3, 0.4) is 0 Å². The highest BCUT2D eigenvalue weighted by atomic mass is 16.5. The van der Waals surface area contributed by atoms with Crippen molar-refractivity contribution in [3.63, 3.8) is 0 Å². The molecule has 1 amide bonds. The predicted octanol–water partition coefficient (Wildman–Crippen LogP) is 1.33. The van der Waals surface area contributed by atoms with Crippen LogP contribution in [0.15, 0.2) is 24.3 Å². The van der Waals surface area contributed by atoms with Gasteiger partial charge in [0.1, 0.15) is 0 Å². The van der Waals surface area contributed by atoms with E-state index in [9.17, 15) is 9.90 Å². The number of benzene rings is 1. The minimum atomic E-state index is -0.431. The quantitative estimate of drug-likeness (QED) is 0.882. The summed E-state index contributed by atoms with van der Waals surface area (Å²) in [6.07, 6.45) is 3.58. The van der Waals surface area contributed by atoms with Gasteiger partial charge in [0.2, 0.25) is 0 Å². The van der Waals surface area contributed by atoms with Crippen LogP contribution in [-0.2, 0) is 11.2 Å². The van der Waals surface area contributed by atoms with E-state index >= 15 is 0 Å². The van der Waals surface area contributed by atoms with Gasteiger partial charge in [-0.05, 0) is 56.3 Å². The molecule has 5 nitrogen and oxygen atoms in total. The van der Waals surface area contributed by atoms with Gasteiger partial charge in [-0.3, -0.25) is 4.79 Å². The number of carbonyl (C=O) groups is 1. The number of amides is 1. The van der Waals surface area contributed by atoms with E-state index in [0.29, 0.717) is 44.6 Å². The average Bonchev–Trinajstić information content (AvgIpc) is 2.59. The molecule has 5 heteroatoms. The third-order valence-electron chi connectivity index (χ3n) is 5.15. The fraction of sp³-hybridized carbons (Fsp3) is 0.611. The Hall–Kier alpha value is -1.43. The Morgan fingerprint density at radius 1 is 1.30 bits per heavy atom. The van der Waals surface area contributed by atoms with Gasteiger partial charge in [0.15, 0.2) is 0 Å². The minimum Gasteiger partial charge on any atom is -0.390 e. The van der Waals surface area contributed by atoms with Crippen LogP contribution in [-0.4, -0.2) is 53.9 Å². The van der Waals surface area contributed by atoms with Crippen molar-refractivity contribution in [2.45, 2.75) is 43.8 Å². The Morgan fingerprint density at radius 2 is 2.00 bits per heavy atom. The number of ether oxygens (including phenoxy) is 1. The molecule has 0 radical (unpaired) electrons. The van der Waals surface area contributed by atoms with Crippen molar-refractivity contribution < 1.29 is 14.6 Å². The Balaban J connectivity index is 1.61. The lowest BCUT2D eigenvalue weighted by Gasteiger charge is -2.46. The summed E-state index contributed by atoms with van der Waals surface area (Å²) in [6, 6.07) is 7.70. The maximum atomic E-state index is 12.6. The van der Waals surface area contributed by atoms with Crippen LogP contribution >= 0.6 is 0 Å². The number of nitrogens with two attached hydrogens (primary N) is 1. The molecule has 126 valence electrons. The highest BCUT2D eigenvalue weighted by molar-refractivity contribution is 5.94. The first-order valence-corrected chi connectivity index (χ1v) is 8.55. The van der Waals surface area contributed by atoms with Crippen LogP contribution in [0.2, 0.25) is 0 Å². The van der Waals surface area contributed by atoms with E-state index in [4.69, 9.17) is 10.5 Å².